The average Bonchev–Trinajstić information content (AvgIpc) is 1.64. The zero-order valence-corrected chi connectivity index (χ0v) is 6.01. The molecular formula is C4H5ClN2OS. The molecule has 0 unspecified atom stereocenters. The number of aromatic amines is 2. The monoisotopic (exact) mass is 164 g/mol. The summed E-state index contributed by atoms with van der Waals surface area (Å²) in [5.41, 5.74) is -0.172. The summed E-state index contributed by atoms with van der Waals surface area (Å²) in [5.74, 6) is 0. The van der Waals surface area contributed by atoms with Crippen LogP contribution in [0.15, 0.2) is 17.1 Å². The van der Waals surface area contributed by atoms with Crippen LogP contribution in [-0.4, -0.2) is 9.97 Å². The van der Waals surface area contributed by atoms with Gasteiger partial charge in [-0.1, -0.05) is 0 Å². The standard InChI is InChI=1S/C4H4N2OS.ClH/c7-3-1-2-5-4(8)6-3;/h1-2H,(H2,5,6,7,8);1H. The molecule has 0 aromatic carbocycles. The molecule has 1 aromatic rings. The number of halogens is 1. The van der Waals surface area contributed by atoms with Crippen LogP contribution in [0.2, 0.25) is 0 Å². The topological polar surface area (TPSA) is 48.6 Å². The Kier molecular flexibility index (Phi) is 3.19. The molecule has 0 amide bonds. The van der Waals surface area contributed by atoms with E-state index in [-0.39, 0.29) is 18.0 Å². The minimum Gasteiger partial charge on any atom is -0.339 e. The smallest absolute Gasteiger partial charge is 0.251 e. The van der Waals surface area contributed by atoms with Crippen molar-refractivity contribution in [1.29, 1.82) is 0 Å². The summed E-state index contributed by atoms with van der Waals surface area (Å²) >= 11 is 4.59. The van der Waals surface area contributed by atoms with Gasteiger partial charge in [0.25, 0.3) is 5.56 Å². The van der Waals surface area contributed by atoms with E-state index >= 15 is 0 Å². The van der Waals surface area contributed by atoms with E-state index in [0.29, 0.717) is 4.77 Å². The molecule has 1 rings (SSSR count). The number of H-pyrrole nitrogens is 2. The van der Waals surface area contributed by atoms with Gasteiger partial charge in [-0.05, 0) is 12.2 Å². The summed E-state index contributed by atoms with van der Waals surface area (Å²) in [5, 5.41) is 0. The van der Waals surface area contributed by atoms with E-state index in [1.807, 2.05) is 0 Å². The summed E-state index contributed by atoms with van der Waals surface area (Å²) in [7, 11) is 0. The Morgan fingerprint density at radius 1 is 1.56 bits per heavy atom. The second kappa shape index (κ2) is 3.42. The van der Waals surface area contributed by atoms with E-state index in [2.05, 4.69) is 22.2 Å². The van der Waals surface area contributed by atoms with Gasteiger partial charge in [-0.15, -0.1) is 12.4 Å². The van der Waals surface area contributed by atoms with E-state index < -0.39 is 0 Å². The van der Waals surface area contributed by atoms with E-state index in [0.717, 1.165) is 0 Å². The maximum atomic E-state index is 10.3. The van der Waals surface area contributed by atoms with Crippen LogP contribution >= 0.6 is 24.6 Å². The largest absolute Gasteiger partial charge is 0.339 e. The van der Waals surface area contributed by atoms with Crippen LogP contribution < -0.4 is 5.56 Å². The highest BCUT2D eigenvalue weighted by molar-refractivity contribution is 7.71. The lowest BCUT2D eigenvalue weighted by Gasteiger charge is -1.78. The van der Waals surface area contributed by atoms with Crippen molar-refractivity contribution in [3.05, 3.63) is 27.4 Å². The van der Waals surface area contributed by atoms with Crippen molar-refractivity contribution in [3.63, 3.8) is 0 Å². The maximum Gasteiger partial charge on any atom is 0.251 e. The molecule has 0 saturated heterocycles. The second-order valence-electron chi connectivity index (χ2n) is 1.30. The van der Waals surface area contributed by atoms with E-state index in [9.17, 15) is 4.79 Å². The molecule has 0 saturated carbocycles. The van der Waals surface area contributed by atoms with Crippen molar-refractivity contribution < 1.29 is 0 Å². The lowest BCUT2D eigenvalue weighted by atomic mass is 10.7. The van der Waals surface area contributed by atoms with Crippen LogP contribution in [0.4, 0.5) is 0 Å². The molecular weight excluding hydrogens is 160 g/mol. The molecule has 0 aliphatic carbocycles. The average molecular weight is 165 g/mol. The molecule has 0 bridgehead atoms. The summed E-state index contributed by atoms with van der Waals surface area (Å²) < 4.78 is 0.359. The van der Waals surface area contributed by atoms with Crippen LogP contribution in [0.5, 0.6) is 0 Å². The molecule has 0 fully saturated rings. The van der Waals surface area contributed by atoms with Crippen LogP contribution in [0, 0.1) is 4.77 Å². The fourth-order valence-electron chi connectivity index (χ4n) is 0.383. The van der Waals surface area contributed by atoms with Gasteiger partial charge in [0.15, 0.2) is 4.77 Å². The van der Waals surface area contributed by atoms with Gasteiger partial charge in [0, 0.05) is 12.3 Å². The predicted molar refractivity (Wildman–Crippen MR) is 39.5 cm³/mol. The summed E-state index contributed by atoms with van der Waals surface area (Å²) in [6, 6.07) is 1.37. The zero-order chi connectivity index (χ0) is 5.98. The lowest BCUT2D eigenvalue weighted by Crippen LogP contribution is -2.02. The normalized spacial score (nSPS) is 8.00. The Balaban J connectivity index is 0.000000640. The fourth-order valence-corrected chi connectivity index (χ4v) is 0.551. The fraction of sp³-hybridized carbons (Fsp3) is 0. The van der Waals surface area contributed by atoms with Gasteiger partial charge in [-0.25, -0.2) is 0 Å². The van der Waals surface area contributed by atoms with E-state index in [4.69, 9.17) is 0 Å². The Hall–Kier alpha value is -0.610. The molecule has 0 radical (unpaired) electrons. The maximum absolute atomic E-state index is 10.3. The summed E-state index contributed by atoms with van der Waals surface area (Å²) in [6.45, 7) is 0. The third-order valence-electron chi connectivity index (χ3n) is 0.686. The van der Waals surface area contributed by atoms with Crippen molar-refractivity contribution in [1.82, 2.24) is 9.97 Å². The van der Waals surface area contributed by atoms with Gasteiger partial charge in [0.2, 0.25) is 0 Å². The second-order valence-corrected chi connectivity index (χ2v) is 1.70. The summed E-state index contributed by atoms with van der Waals surface area (Å²) in [6.07, 6.45) is 1.50. The highest BCUT2D eigenvalue weighted by Gasteiger charge is 1.74. The first-order chi connectivity index (χ1) is 3.79. The first-order valence-electron chi connectivity index (χ1n) is 2.07. The number of hydrogen-bond acceptors (Lipinski definition) is 2. The van der Waals surface area contributed by atoms with Gasteiger partial charge in [-0.3, -0.25) is 9.78 Å². The quantitative estimate of drug-likeness (QED) is 0.559. The third-order valence-corrected chi connectivity index (χ3v) is 0.906. The highest BCUT2D eigenvalue weighted by Crippen LogP contribution is 1.67. The Labute approximate surface area is 62.5 Å². The lowest BCUT2D eigenvalue weighted by molar-refractivity contribution is 1.09. The Bertz CT molecular complexity index is 253. The minimum atomic E-state index is -0.172. The van der Waals surface area contributed by atoms with Crippen LogP contribution in [0.25, 0.3) is 0 Å². The van der Waals surface area contributed by atoms with Crippen molar-refractivity contribution in [2.24, 2.45) is 0 Å². The Morgan fingerprint density at radius 2 is 2.22 bits per heavy atom. The predicted octanol–water partition coefficient (Wildman–Crippen LogP) is 0.854. The third kappa shape index (κ3) is 2.43. The molecule has 0 spiro atoms. The van der Waals surface area contributed by atoms with Crippen LogP contribution in [-0.2, 0) is 0 Å². The van der Waals surface area contributed by atoms with Crippen molar-refractivity contribution >= 4 is 24.6 Å². The number of hydrogen-bond donors (Lipinski definition) is 2. The Morgan fingerprint density at radius 3 is 2.56 bits per heavy atom. The van der Waals surface area contributed by atoms with Gasteiger partial charge in [-0.2, -0.15) is 0 Å². The molecule has 50 valence electrons. The number of aromatic nitrogens is 2. The molecule has 2 N–H and O–H groups in total. The number of rotatable bonds is 0. The highest BCUT2D eigenvalue weighted by atomic mass is 35.5. The van der Waals surface area contributed by atoms with Crippen molar-refractivity contribution in [2.75, 3.05) is 0 Å². The van der Waals surface area contributed by atoms with E-state index in [1.165, 1.54) is 12.3 Å². The molecule has 5 heteroatoms. The van der Waals surface area contributed by atoms with Gasteiger partial charge in [0.05, 0.1) is 0 Å². The minimum absolute atomic E-state index is 0. The molecule has 9 heavy (non-hydrogen) atoms. The van der Waals surface area contributed by atoms with Gasteiger partial charge in [0.1, 0.15) is 0 Å². The van der Waals surface area contributed by atoms with Gasteiger partial charge < -0.3 is 4.98 Å². The number of nitrogens with one attached hydrogen (secondary N) is 2. The molecule has 0 aliphatic heterocycles. The van der Waals surface area contributed by atoms with Crippen molar-refractivity contribution in [2.45, 2.75) is 0 Å². The first kappa shape index (κ1) is 8.39. The SMILES string of the molecule is Cl.O=c1cc[nH]c(=S)[nH]1. The molecule has 1 aromatic heterocycles. The van der Waals surface area contributed by atoms with E-state index in [1.54, 1.807) is 0 Å². The molecule has 3 nitrogen and oxygen atoms in total. The van der Waals surface area contributed by atoms with Crippen LogP contribution in [0.3, 0.4) is 0 Å². The summed E-state index contributed by atoms with van der Waals surface area (Å²) in [4.78, 5) is 15.4. The molecule has 1 heterocycles. The van der Waals surface area contributed by atoms with Crippen molar-refractivity contribution in [3.8, 4) is 0 Å². The molecule has 0 aliphatic rings. The van der Waals surface area contributed by atoms with Gasteiger partial charge >= 0.3 is 0 Å². The molecule has 0 atom stereocenters. The van der Waals surface area contributed by atoms with Crippen LogP contribution in [0.1, 0.15) is 0 Å². The first-order valence-corrected chi connectivity index (χ1v) is 2.48. The zero-order valence-electron chi connectivity index (χ0n) is 4.38.